The lowest BCUT2D eigenvalue weighted by molar-refractivity contribution is 0.384. The van der Waals surface area contributed by atoms with Crippen LogP contribution < -0.4 is 10.1 Å². The second kappa shape index (κ2) is 5.05. The molecule has 0 saturated carbocycles. The van der Waals surface area contributed by atoms with E-state index in [1.807, 2.05) is 18.5 Å². The predicted octanol–water partition coefficient (Wildman–Crippen LogP) is 1.86. The van der Waals surface area contributed by atoms with Gasteiger partial charge in [-0.15, -0.1) is 11.3 Å². The molecule has 2 aromatic heterocycles. The van der Waals surface area contributed by atoms with Crippen LogP contribution in [0.15, 0.2) is 29.9 Å². The summed E-state index contributed by atoms with van der Waals surface area (Å²) in [6.45, 7) is 0. The summed E-state index contributed by atoms with van der Waals surface area (Å²) >= 11 is 1.68. The van der Waals surface area contributed by atoms with E-state index in [4.69, 9.17) is 4.74 Å². The van der Waals surface area contributed by atoms with Crippen molar-refractivity contribution in [2.75, 3.05) is 14.2 Å². The largest absolute Gasteiger partial charge is 0.480 e. The lowest BCUT2D eigenvalue weighted by atomic mass is 10.1. The highest BCUT2D eigenvalue weighted by atomic mass is 32.1. The van der Waals surface area contributed by atoms with Gasteiger partial charge in [0, 0.05) is 17.3 Å². The number of hydrogen-bond donors (Lipinski definition) is 1. The van der Waals surface area contributed by atoms with Gasteiger partial charge in [-0.2, -0.15) is 0 Å². The monoisotopic (exact) mass is 235 g/mol. The predicted molar refractivity (Wildman–Crippen MR) is 63.8 cm³/mol. The van der Waals surface area contributed by atoms with Crippen molar-refractivity contribution < 1.29 is 4.74 Å². The molecule has 5 heteroatoms. The van der Waals surface area contributed by atoms with E-state index in [0.29, 0.717) is 5.88 Å². The van der Waals surface area contributed by atoms with Gasteiger partial charge in [-0.1, -0.05) is 6.07 Å². The van der Waals surface area contributed by atoms with Crippen LogP contribution in [-0.4, -0.2) is 24.1 Å². The van der Waals surface area contributed by atoms with Crippen molar-refractivity contribution in [3.8, 4) is 5.88 Å². The zero-order valence-corrected chi connectivity index (χ0v) is 9.99. The first-order chi connectivity index (χ1) is 7.86. The van der Waals surface area contributed by atoms with Crippen LogP contribution in [-0.2, 0) is 0 Å². The van der Waals surface area contributed by atoms with Gasteiger partial charge in [0.25, 0.3) is 0 Å². The molecule has 0 saturated heterocycles. The van der Waals surface area contributed by atoms with E-state index >= 15 is 0 Å². The van der Waals surface area contributed by atoms with E-state index in [-0.39, 0.29) is 6.04 Å². The van der Waals surface area contributed by atoms with Gasteiger partial charge < -0.3 is 10.1 Å². The van der Waals surface area contributed by atoms with Crippen LogP contribution in [0.3, 0.4) is 0 Å². The Morgan fingerprint density at radius 2 is 2.19 bits per heavy atom. The molecule has 1 N–H and O–H groups in total. The lowest BCUT2D eigenvalue weighted by Crippen LogP contribution is -2.19. The van der Waals surface area contributed by atoms with Crippen LogP contribution >= 0.6 is 11.3 Å². The third-order valence-electron chi connectivity index (χ3n) is 2.27. The Morgan fingerprint density at radius 3 is 2.81 bits per heavy atom. The molecule has 2 aromatic rings. The lowest BCUT2D eigenvalue weighted by Gasteiger charge is -2.15. The number of rotatable bonds is 4. The second-order valence-electron chi connectivity index (χ2n) is 3.19. The Labute approximate surface area is 98.3 Å². The standard InChI is InChI=1S/C11H13N3OS/c1-12-9(8-4-3-7-16-8)10-11(15-2)14-6-5-13-10/h3-7,9,12H,1-2H3. The molecule has 1 atom stereocenters. The highest BCUT2D eigenvalue weighted by Crippen LogP contribution is 2.28. The van der Waals surface area contributed by atoms with Crippen LogP contribution in [0.5, 0.6) is 5.88 Å². The van der Waals surface area contributed by atoms with Gasteiger partial charge in [-0.05, 0) is 18.5 Å². The SMILES string of the molecule is CNC(c1cccs1)c1nccnc1OC. The Hall–Kier alpha value is -1.46. The minimum atomic E-state index is 0.0312. The van der Waals surface area contributed by atoms with Crippen molar-refractivity contribution in [1.82, 2.24) is 15.3 Å². The zero-order chi connectivity index (χ0) is 11.4. The summed E-state index contributed by atoms with van der Waals surface area (Å²) in [7, 11) is 3.51. The molecule has 2 heterocycles. The van der Waals surface area contributed by atoms with Gasteiger partial charge in [0.05, 0.1) is 13.2 Å². The summed E-state index contributed by atoms with van der Waals surface area (Å²) < 4.78 is 5.22. The molecule has 0 aliphatic carbocycles. The topological polar surface area (TPSA) is 47.0 Å². The van der Waals surface area contributed by atoms with Gasteiger partial charge in [-0.25, -0.2) is 4.98 Å². The van der Waals surface area contributed by atoms with Crippen LogP contribution in [0.1, 0.15) is 16.6 Å². The maximum Gasteiger partial charge on any atom is 0.237 e. The average Bonchev–Trinajstić information content (AvgIpc) is 2.84. The van der Waals surface area contributed by atoms with Gasteiger partial charge in [0.1, 0.15) is 5.69 Å². The summed E-state index contributed by atoms with van der Waals surface area (Å²) in [5.41, 5.74) is 0.815. The molecular weight excluding hydrogens is 222 g/mol. The number of hydrogen-bond acceptors (Lipinski definition) is 5. The highest BCUT2D eigenvalue weighted by molar-refractivity contribution is 7.10. The van der Waals surface area contributed by atoms with E-state index in [1.54, 1.807) is 30.8 Å². The second-order valence-corrected chi connectivity index (χ2v) is 4.17. The molecule has 0 amide bonds. The van der Waals surface area contributed by atoms with Gasteiger partial charge in [0.2, 0.25) is 5.88 Å². The van der Waals surface area contributed by atoms with E-state index < -0.39 is 0 Å². The number of nitrogens with one attached hydrogen (secondary N) is 1. The molecule has 0 aliphatic heterocycles. The number of thiophene rings is 1. The van der Waals surface area contributed by atoms with Crippen LogP contribution in [0, 0.1) is 0 Å². The normalized spacial score (nSPS) is 12.4. The molecule has 0 aliphatic rings. The molecule has 0 fully saturated rings. The number of aromatic nitrogens is 2. The average molecular weight is 235 g/mol. The minimum Gasteiger partial charge on any atom is -0.480 e. The van der Waals surface area contributed by atoms with Crippen LogP contribution in [0.2, 0.25) is 0 Å². The molecule has 0 bridgehead atoms. The van der Waals surface area contributed by atoms with Crippen molar-refractivity contribution in [1.29, 1.82) is 0 Å². The first kappa shape index (κ1) is 11.0. The molecule has 4 nitrogen and oxygen atoms in total. The number of nitrogens with zero attached hydrogens (tertiary/aromatic N) is 2. The molecule has 84 valence electrons. The molecule has 16 heavy (non-hydrogen) atoms. The zero-order valence-electron chi connectivity index (χ0n) is 9.18. The summed E-state index contributed by atoms with van der Waals surface area (Å²) in [6, 6.07) is 4.12. The van der Waals surface area contributed by atoms with E-state index in [0.717, 1.165) is 5.69 Å². The van der Waals surface area contributed by atoms with Crippen molar-refractivity contribution in [3.05, 3.63) is 40.5 Å². The summed E-state index contributed by atoms with van der Waals surface area (Å²) in [6.07, 6.45) is 3.30. The number of ether oxygens (including phenoxy) is 1. The van der Waals surface area contributed by atoms with Crippen molar-refractivity contribution >= 4 is 11.3 Å². The van der Waals surface area contributed by atoms with Crippen molar-refractivity contribution in [2.24, 2.45) is 0 Å². The summed E-state index contributed by atoms with van der Waals surface area (Å²) in [4.78, 5) is 9.68. The maximum absolute atomic E-state index is 5.22. The Morgan fingerprint density at radius 1 is 1.38 bits per heavy atom. The molecule has 0 aromatic carbocycles. The van der Waals surface area contributed by atoms with Gasteiger partial charge >= 0.3 is 0 Å². The van der Waals surface area contributed by atoms with Crippen LogP contribution in [0.4, 0.5) is 0 Å². The fourth-order valence-corrected chi connectivity index (χ4v) is 2.40. The van der Waals surface area contributed by atoms with E-state index in [9.17, 15) is 0 Å². The Balaban J connectivity index is 2.41. The third kappa shape index (κ3) is 2.05. The van der Waals surface area contributed by atoms with Gasteiger partial charge in [-0.3, -0.25) is 4.98 Å². The Bertz CT molecular complexity index is 444. The maximum atomic E-state index is 5.22. The van der Waals surface area contributed by atoms with E-state index in [1.165, 1.54) is 4.88 Å². The molecule has 0 spiro atoms. The van der Waals surface area contributed by atoms with E-state index in [2.05, 4.69) is 21.4 Å². The fourth-order valence-electron chi connectivity index (χ4n) is 1.56. The first-order valence-electron chi connectivity index (χ1n) is 4.92. The molecule has 1 unspecified atom stereocenters. The smallest absolute Gasteiger partial charge is 0.237 e. The minimum absolute atomic E-state index is 0.0312. The molecule has 0 radical (unpaired) electrons. The first-order valence-corrected chi connectivity index (χ1v) is 5.80. The fraction of sp³-hybridized carbons (Fsp3) is 0.273. The van der Waals surface area contributed by atoms with Crippen molar-refractivity contribution in [3.63, 3.8) is 0 Å². The van der Waals surface area contributed by atoms with Crippen LogP contribution in [0.25, 0.3) is 0 Å². The highest BCUT2D eigenvalue weighted by Gasteiger charge is 2.19. The number of methoxy groups -OCH3 is 1. The quantitative estimate of drug-likeness (QED) is 0.878. The summed E-state index contributed by atoms with van der Waals surface area (Å²) in [5.74, 6) is 0.565. The molecule has 2 rings (SSSR count). The summed E-state index contributed by atoms with van der Waals surface area (Å²) in [5, 5.41) is 5.27. The third-order valence-corrected chi connectivity index (χ3v) is 3.21. The van der Waals surface area contributed by atoms with Gasteiger partial charge in [0.15, 0.2) is 0 Å². The van der Waals surface area contributed by atoms with Crippen molar-refractivity contribution in [2.45, 2.75) is 6.04 Å². The molecular formula is C11H13N3OS. The Kier molecular flexibility index (Phi) is 3.48.